The minimum absolute atomic E-state index is 0.330. The molecule has 0 aliphatic rings. The zero-order valence-electron chi connectivity index (χ0n) is 5.12. The number of hydrogen-bond acceptors (Lipinski definition) is 0. The van der Waals surface area contributed by atoms with Gasteiger partial charge in [-0.3, -0.25) is 0 Å². The van der Waals surface area contributed by atoms with E-state index in [1.807, 2.05) is 13.8 Å². The molecular weight excluding hydrogens is 110 g/mol. The Balaban J connectivity index is 3.29. The lowest BCUT2D eigenvalue weighted by Crippen LogP contribution is -1.81. The Morgan fingerprint density at radius 2 is 2.00 bits per heavy atom. The number of hydrogen-bond donors (Lipinski definition) is 0. The van der Waals surface area contributed by atoms with Crippen LogP contribution in [-0.4, -0.2) is 0 Å². The molecule has 0 heterocycles. The van der Waals surface area contributed by atoms with Crippen LogP contribution in [0.1, 0.15) is 20.3 Å². The molecule has 0 aromatic rings. The molecule has 0 bridgehead atoms. The molecule has 0 N–H and O–H groups in total. The first-order valence-electron chi connectivity index (χ1n) is 2.64. The molecule has 0 spiro atoms. The first-order chi connectivity index (χ1) is 3.63. The van der Waals surface area contributed by atoms with Crippen molar-refractivity contribution in [3.63, 3.8) is 0 Å². The maximum absolute atomic E-state index is 11.3. The molecule has 8 heavy (non-hydrogen) atoms. The topological polar surface area (TPSA) is 0 Å². The summed E-state index contributed by atoms with van der Waals surface area (Å²) in [5.41, 5.74) is 0. The lowest BCUT2D eigenvalue weighted by molar-refractivity contribution is 0.414. The summed E-state index contributed by atoms with van der Waals surface area (Å²) >= 11 is 0. The van der Waals surface area contributed by atoms with Gasteiger partial charge in [-0.05, 0) is 18.4 Å². The molecule has 0 saturated heterocycles. The van der Waals surface area contributed by atoms with E-state index in [0.29, 0.717) is 12.3 Å². The van der Waals surface area contributed by atoms with Gasteiger partial charge in [-0.15, -0.1) is 0 Å². The van der Waals surface area contributed by atoms with Gasteiger partial charge in [0.25, 0.3) is 6.08 Å². The summed E-state index contributed by atoms with van der Waals surface area (Å²) in [5.74, 6) is 0.330. The quantitative estimate of drug-likeness (QED) is 0.525. The van der Waals surface area contributed by atoms with Gasteiger partial charge in [0.15, 0.2) is 0 Å². The number of allylic oxidation sites excluding steroid dienone is 1. The Morgan fingerprint density at radius 1 is 1.50 bits per heavy atom. The van der Waals surface area contributed by atoms with Crippen molar-refractivity contribution in [2.24, 2.45) is 5.92 Å². The molecule has 0 radical (unpaired) electrons. The Bertz CT molecular complexity index is 80.5. The Hall–Kier alpha value is -0.400. The summed E-state index contributed by atoms with van der Waals surface area (Å²) in [7, 11) is 0. The molecular formula is C6H10F2. The van der Waals surface area contributed by atoms with Crippen LogP contribution in [0.25, 0.3) is 0 Å². The second-order valence-electron chi connectivity index (χ2n) is 2.12. The molecule has 0 nitrogen and oxygen atoms in total. The molecule has 0 amide bonds. The van der Waals surface area contributed by atoms with E-state index in [9.17, 15) is 8.78 Å². The van der Waals surface area contributed by atoms with Crippen LogP contribution >= 0.6 is 0 Å². The fraction of sp³-hybridized carbons (Fsp3) is 0.667. The zero-order valence-corrected chi connectivity index (χ0v) is 5.12. The van der Waals surface area contributed by atoms with E-state index in [-0.39, 0.29) is 0 Å². The highest BCUT2D eigenvalue weighted by atomic mass is 19.3. The fourth-order valence-electron chi connectivity index (χ4n) is 0.325. The van der Waals surface area contributed by atoms with Crippen molar-refractivity contribution in [3.8, 4) is 0 Å². The summed E-state index contributed by atoms with van der Waals surface area (Å²) in [6.45, 7) is 3.80. The molecule has 0 saturated carbocycles. The molecule has 0 fully saturated rings. The van der Waals surface area contributed by atoms with Crippen molar-refractivity contribution in [1.82, 2.24) is 0 Å². The standard InChI is InChI=1S/C6H10F2/c1-5(2)3-4-6(7)8/h4-5H,3H2,1-2H3. The lowest BCUT2D eigenvalue weighted by atomic mass is 10.1. The maximum Gasteiger partial charge on any atom is 0.266 e. The Morgan fingerprint density at radius 3 is 2.12 bits per heavy atom. The Labute approximate surface area is 48.2 Å². The van der Waals surface area contributed by atoms with Gasteiger partial charge >= 0.3 is 0 Å². The second-order valence-corrected chi connectivity index (χ2v) is 2.12. The van der Waals surface area contributed by atoms with Crippen molar-refractivity contribution < 1.29 is 8.78 Å². The van der Waals surface area contributed by atoms with Crippen LogP contribution in [0.15, 0.2) is 12.2 Å². The first-order valence-corrected chi connectivity index (χ1v) is 2.64. The van der Waals surface area contributed by atoms with Gasteiger partial charge in [0.05, 0.1) is 0 Å². The Kier molecular flexibility index (Phi) is 3.40. The van der Waals surface area contributed by atoms with Crippen molar-refractivity contribution in [1.29, 1.82) is 0 Å². The van der Waals surface area contributed by atoms with Gasteiger partial charge in [0.2, 0.25) is 0 Å². The van der Waals surface area contributed by atoms with Gasteiger partial charge in [-0.2, -0.15) is 8.78 Å². The predicted octanol–water partition coefficient (Wildman–Crippen LogP) is 2.81. The summed E-state index contributed by atoms with van der Waals surface area (Å²) in [6, 6.07) is 0. The van der Waals surface area contributed by atoms with Crippen LogP contribution < -0.4 is 0 Å². The highest BCUT2D eigenvalue weighted by Crippen LogP contribution is 2.05. The van der Waals surface area contributed by atoms with E-state index < -0.39 is 6.08 Å². The highest BCUT2D eigenvalue weighted by molar-refractivity contribution is 4.80. The molecule has 0 aliphatic heterocycles. The summed E-state index contributed by atoms with van der Waals surface area (Å²) in [6.07, 6.45) is -0.147. The monoisotopic (exact) mass is 120 g/mol. The van der Waals surface area contributed by atoms with Crippen molar-refractivity contribution in [3.05, 3.63) is 12.2 Å². The normalized spacial score (nSPS) is 9.62. The average molecular weight is 120 g/mol. The molecule has 0 rings (SSSR count). The second kappa shape index (κ2) is 3.58. The fourth-order valence-corrected chi connectivity index (χ4v) is 0.325. The van der Waals surface area contributed by atoms with Gasteiger partial charge in [-0.1, -0.05) is 13.8 Å². The molecule has 0 aliphatic carbocycles. The minimum atomic E-state index is -1.57. The molecule has 0 aromatic heterocycles. The van der Waals surface area contributed by atoms with Crippen LogP contribution in [-0.2, 0) is 0 Å². The van der Waals surface area contributed by atoms with E-state index in [1.165, 1.54) is 0 Å². The smallest absolute Gasteiger partial charge is 0.174 e. The zero-order chi connectivity index (χ0) is 6.57. The number of halogens is 2. The summed E-state index contributed by atoms with van der Waals surface area (Å²) < 4.78 is 22.5. The van der Waals surface area contributed by atoms with E-state index >= 15 is 0 Å². The SMILES string of the molecule is CC(C)CC=C(F)F. The third-order valence-electron chi connectivity index (χ3n) is 0.744. The van der Waals surface area contributed by atoms with Crippen molar-refractivity contribution in [2.75, 3.05) is 0 Å². The van der Waals surface area contributed by atoms with Crippen LogP contribution in [0.2, 0.25) is 0 Å². The van der Waals surface area contributed by atoms with E-state index in [2.05, 4.69) is 0 Å². The molecule has 0 unspecified atom stereocenters. The number of rotatable bonds is 2. The minimum Gasteiger partial charge on any atom is -0.174 e. The van der Waals surface area contributed by atoms with Crippen molar-refractivity contribution in [2.45, 2.75) is 20.3 Å². The van der Waals surface area contributed by atoms with Crippen molar-refractivity contribution >= 4 is 0 Å². The maximum atomic E-state index is 11.3. The van der Waals surface area contributed by atoms with Crippen LogP contribution in [0.5, 0.6) is 0 Å². The summed E-state index contributed by atoms with van der Waals surface area (Å²) in [5, 5.41) is 0. The molecule has 48 valence electrons. The van der Waals surface area contributed by atoms with Gasteiger partial charge in [0.1, 0.15) is 0 Å². The van der Waals surface area contributed by atoms with Crippen LogP contribution in [0.4, 0.5) is 8.78 Å². The summed E-state index contributed by atoms with van der Waals surface area (Å²) in [4.78, 5) is 0. The third-order valence-corrected chi connectivity index (χ3v) is 0.744. The van der Waals surface area contributed by atoms with E-state index in [4.69, 9.17) is 0 Å². The van der Waals surface area contributed by atoms with Gasteiger partial charge < -0.3 is 0 Å². The molecule has 2 heteroatoms. The van der Waals surface area contributed by atoms with Crippen LogP contribution in [0, 0.1) is 5.92 Å². The predicted molar refractivity (Wildman–Crippen MR) is 29.8 cm³/mol. The first kappa shape index (κ1) is 7.60. The largest absolute Gasteiger partial charge is 0.266 e. The highest BCUT2D eigenvalue weighted by Gasteiger charge is 1.91. The van der Waals surface area contributed by atoms with E-state index in [0.717, 1.165) is 6.08 Å². The van der Waals surface area contributed by atoms with E-state index in [1.54, 1.807) is 0 Å². The lowest BCUT2D eigenvalue weighted by Gasteiger charge is -1.93. The van der Waals surface area contributed by atoms with Gasteiger partial charge in [0, 0.05) is 0 Å². The molecule has 0 atom stereocenters. The molecule has 0 aromatic carbocycles. The average Bonchev–Trinajstić information content (AvgIpc) is 1.61. The third kappa shape index (κ3) is 5.60. The van der Waals surface area contributed by atoms with Gasteiger partial charge in [-0.25, -0.2) is 0 Å². The van der Waals surface area contributed by atoms with Crippen LogP contribution in [0.3, 0.4) is 0 Å².